The first-order valence-electron chi connectivity index (χ1n) is 9.64. The lowest BCUT2D eigenvalue weighted by molar-refractivity contribution is 0.206. The second-order valence-corrected chi connectivity index (χ2v) is 8.09. The topological polar surface area (TPSA) is 49.9 Å². The minimum absolute atomic E-state index is 0.522. The van der Waals surface area contributed by atoms with Crippen molar-refractivity contribution in [2.75, 3.05) is 0 Å². The van der Waals surface area contributed by atoms with Gasteiger partial charge in [-0.3, -0.25) is 0 Å². The van der Waals surface area contributed by atoms with Crippen LogP contribution in [-0.2, 0) is 6.54 Å². The Morgan fingerprint density at radius 2 is 1.96 bits per heavy atom. The number of nitrogens with zero attached hydrogens (tertiary/aromatic N) is 1. The molecule has 4 nitrogen and oxygen atoms in total. The Morgan fingerprint density at radius 1 is 1.27 bits per heavy atom. The van der Waals surface area contributed by atoms with E-state index in [9.17, 15) is 0 Å². The van der Waals surface area contributed by atoms with Gasteiger partial charge in [0.15, 0.2) is 5.76 Å². The predicted molar refractivity (Wildman–Crippen MR) is 107 cm³/mol. The summed E-state index contributed by atoms with van der Waals surface area (Å²) < 4.78 is 6.02. The number of H-pyrrole nitrogens is 1. The predicted octanol–water partition coefficient (Wildman–Crippen LogP) is 5.22. The first-order valence-corrected chi connectivity index (χ1v) is 9.64. The van der Waals surface area contributed by atoms with Crippen LogP contribution >= 0.6 is 0 Å². The Balaban J connectivity index is 1.53. The molecule has 1 aliphatic rings. The van der Waals surface area contributed by atoms with Crippen LogP contribution in [0.4, 0.5) is 0 Å². The van der Waals surface area contributed by atoms with Gasteiger partial charge in [-0.25, -0.2) is 4.98 Å². The number of rotatable bonds is 6. The number of aromatic nitrogens is 2. The van der Waals surface area contributed by atoms with Gasteiger partial charge >= 0.3 is 0 Å². The van der Waals surface area contributed by atoms with E-state index in [1.54, 1.807) is 6.33 Å². The molecule has 4 heteroatoms. The van der Waals surface area contributed by atoms with Crippen LogP contribution in [-0.4, -0.2) is 16.0 Å². The zero-order valence-electron chi connectivity index (χ0n) is 16.4. The van der Waals surface area contributed by atoms with Crippen LogP contribution in [0, 0.1) is 12.3 Å². The van der Waals surface area contributed by atoms with Gasteiger partial charge in [-0.15, -0.1) is 0 Å². The lowest BCUT2D eigenvalue weighted by atomic mass is 9.75. The molecule has 1 saturated carbocycles. The number of hydrogen-bond donors (Lipinski definition) is 2. The van der Waals surface area contributed by atoms with Crippen LogP contribution in [0.3, 0.4) is 0 Å². The maximum absolute atomic E-state index is 6.02. The summed E-state index contributed by atoms with van der Waals surface area (Å²) in [7, 11) is 0. The van der Waals surface area contributed by atoms with Gasteiger partial charge in [0.25, 0.3) is 0 Å². The van der Waals surface area contributed by atoms with Gasteiger partial charge < -0.3 is 15.0 Å². The number of hydrogen-bond acceptors (Lipinski definition) is 3. The molecule has 2 N–H and O–H groups in total. The van der Waals surface area contributed by atoms with E-state index >= 15 is 0 Å². The van der Waals surface area contributed by atoms with E-state index in [0.29, 0.717) is 11.5 Å². The zero-order chi connectivity index (χ0) is 18.6. The molecule has 0 atom stereocenters. The summed E-state index contributed by atoms with van der Waals surface area (Å²) in [6.45, 7) is 9.64. The van der Waals surface area contributed by atoms with Crippen molar-refractivity contribution < 1.29 is 4.74 Å². The fraction of sp³-hybridized carbons (Fsp3) is 0.500. The van der Waals surface area contributed by atoms with Crippen LogP contribution in [0.15, 0.2) is 36.7 Å². The Bertz CT molecular complexity index is 733. The van der Waals surface area contributed by atoms with Gasteiger partial charge in [0.05, 0.1) is 6.33 Å². The molecule has 0 aliphatic heterocycles. The number of imidazole rings is 1. The molecular weight excluding hydrogens is 322 g/mol. The summed E-state index contributed by atoms with van der Waals surface area (Å²) in [6.07, 6.45) is 8.83. The molecule has 1 fully saturated rings. The van der Waals surface area contributed by atoms with Gasteiger partial charge in [-0.1, -0.05) is 26.0 Å². The molecule has 140 valence electrons. The van der Waals surface area contributed by atoms with Crippen molar-refractivity contribution in [3.05, 3.63) is 53.6 Å². The normalized spacial score (nSPS) is 18.1. The molecule has 0 spiro atoms. The van der Waals surface area contributed by atoms with Crippen LogP contribution < -0.4 is 10.1 Å². The highest BCUT2D eigenvalue weighted by molar-refractivity contribution is 5.60. The Hall–Kier alpha value is -2.07. The van der Waals surface area contributed by atoms with E-state index in [1.807, 2.05) is 32.1 Å². The minimum atomic E-state index is 0.522. The Kier molecular flexibility index (Phi) is 5.82. The molecular formula is C22H31N3O. The molecule has 1 aromatic carbocycles. The van der Waals surface area contributed by atoms with Crippen LogP contribution in [0.2, 0.25) is 0 Å². The quantitative estimate of drug-likeness (QED) is 0.700. The number of nitrogens with one attached hydrogen (secondary N) is 2. The summed E-state index contributed by atoms with van der Waals surface area (Å²) in [4.78, 5) is 7.42. The van der Waals surface area contributed by atoms with Crippen molar-refractivity contribution in [1.29, 1.82) is 0 Å². The van der Waals surface area contributed by atoms with Crippen molar-refractivity contribution in [1.82, 2.24) is 15.3 Å². The van der Waals surface area contributed by atoms with Crippen molar-refractivity contribution in [3.8, 4) is 5.75 Å². The maximum Gasteiger partial charge on any atom is 0.150 e. The standard InChI is InChI=1S/C22H31N3O/c1-5-20(21-16(2)24-15-25-21)26-19-8-6-17(7-9-19)14-23-18-10-12-22(3,4)13-11-18/h5-9,15,18,23H,10-14H2,1-4H3,(H,24,25)/b20-5+. The number of aryl methyl sites for hydroxylation is 1. The largest absolute Gasteiger partial charge is 0.455 e. The second kappa shape index (κ2) is 8.09. The molecule has 3 rings (SSSR count). The van der Waals surface area contributed by atoms with Crippen molar-refractivity contribution in [2.24, 2.45) is 5.41 Å². The highest BCUT2D eigenvalue weighted by atomic mass is 16.5. The third-order valence-corrected chi connectivity index (χ3v) is 5.41. The molecule has 2 aromatic rings. The lowest BCUT2D eigenvalue weighted by Gasteiger charge is -2.34. The molecule has 0 saturated heterocycles. The highest BCUT2D eigenvalue weighted by Crippen LogP contribution is 2.35. The molecule has 0 radical (unpaired) electrons. The first-order chi connectivity index (χ1) is 12.5. The van der Waals surface area contributed by atoms with Crippen LogP contribution in [0.1, 0.15) is 63.4 Å². The number of aromatic amines is 1. The van der Waals surface area contributed by atoms with E-state index < -0.39 is 0 Å². The van der Waals surface area contributed by atoms with Crippen molar-refractivity contribution in [3.63, 3.8) is 0 Å². The smallest absolute Gasteiger partial charge is 0.150 e. The summed E-state index contributed by atoms with van der Waals surface area (Å²) >= 11 is 0. The molecule has 0 bridgehead atoms. The first kappa shape index (κ1) is 18.7. The van der Waals surface area contributed by atoms with Gasteiger partial charge in [0, 0.05) is 18.3 Å². The fourth-order valence-corrected chi connectivity index (χ4v) is 3.52. The number of ether oxygens (including phenoxy) is 1. The van der Waals surface area contributed by atoms with Crippen molar-refractivity contribution >= 4 is 5.76 Å². The van der Waals surface area contributed by atoms with Gasteiger partial charge in [-0.05, 0) is 68.7 Å². The van der Waals surface area contributed by atoms with E-state index in [2.05, 4.69) is 41.3 Å². The highest BCUT2D eigenvalue weighted by Gasteiger charge is 2.26. The molecule has 0 amide bonds. The minimum Gasteiger partial charge on any atom is -0.455 e. The zero-order valence-corrected chi connectivity index (χ0v) is 16.4. The van der Waals surface area contributed by atoms with Crippen molar-refractivity contribution in [2.45, 2.75) is 66.0 Å². The van der Waals surface area contributed by atoms with Gasteiger partial charge in [-0.2, -0.15) is 0 Å². The molecule has 0 unspecified atom stereocenters. The Labute approximate surface area is 157 Å². The summed E-state index contributed by atoms with van der Waals surface area (Å²) in [5.41, 5.74) is 3.68. The summed E-state index contributed by atoms with van der Waals surface area (Å²) in [5, 5.41) is 3.71. The third-order valence-electron chi connectivity index (χ3n) is 5.41. The molecule has 1 aliphatic carbocycles. The van der Waals surface area contributed by atoms with Crippen LogP contribution in [0.25, 0.3) is 5.76 Å². The molecule has 26 heavy (non-hydrogen) atoms. The van der Waals surface area contributed by atoms with E-state index in [0.717, 1.165) is 29.4 Å². The van der Waals surface area contributed by atoms with Gasteiger partial charge in [0.1, 0.15) is 11.4 Å². The lowest BCUT2D eigenvalue weighted by Crippen LogP contribution is -2.35. The number of benzene rings is 1. The molecule has 1 heterocycles. The van der Waals surface area contributed by atoms with Crippen LogP contribution in [0.5, 0.6) is 5.75 Å². The van der Waals surface area contributed by atoms with E-state index in [4.69, 9.17) is 4.74 Å². The maximum atomic E-state index is 6.02. The van der Waals surface area contributed by atoms with Gasteiger partial charge in [0.2, 0.25) is 0 Å². The average Bonchev–Trinajstić information content (AvgIpc) is 3.05. The third kappa shape index (κ3) is 4.76. The molecule has 1 aromatic heterocycles. The second-order valence-electron chi connectivity index (χ2n) is 8.09. The number of allylic oxidation sites excluding steroid dienone is 1. The van der Waals surface area contributed by atoms with E-state index in [1.165, 1.54) is 31.2 Å². The Morgan fingerprint density at radius 3 is 2.54 bits per heavy atom. The fourth-order valence-electron chi connectivity index (χ4n) is 3.52. The SMILES string of the molecule is C/C=C(/Oc1ccc(CNC2CCC(C)(C)CC2)cc1)c1nc[nH]c1C. The average molecular weight is 354 g/mol. The monoisotopic (exact) mass is 353 g/mol. The van der Waals surface area contributed by atoms with E-state index in [-0.39, 0.29) is 0 Å². The summed E-state index contributed by atoms with van der Waals surface area (Å²) in [5.74, 6) is 1.61. The summed E-state index contributed by atoms with van der Waals surface area (Å²) in [6, 6.07) is 9.00.